The lowest BCUT2D eigenvalue weighted by molar-refractivity contribution is -0.139. The monoisotopic (exact) mass is 433 g/mol. The molecule has 2 heterocycles. The quantitative estimate of drug-likeness (QED) is 0.504. The van der Waals surface area contributed by atoms with Gasteiger partial charge in [0.25, 0.3) is 0 Å². The molecule has 0 bridgehead atoms. The maximum atomic E-state index is 11.0. The van der Waals surface area contributed by atoms with Crippen LogP contribution >= 0.6 is 22.9 Å². The van der Waals surface area contributed by atoms with Crippen LogP contribution in [0.5, 0.6) is 5.75 Å². The molecule has 1 saturated carbocycles. The van der Waals surface area contributed by atoms with Crippen molar-refractivity contribution in [2.24, 2.45) is 0 Å². The third-order valence-electron chi connectivity index (χ3n) is 4.80. The fraction of sp³-hybridized carbons (Fsp3) is 0.368. The maximum absolute atomic E-state index is 11.0. The molecule has 29 heavy (non-hydrogen) atoms. The van der Waals surface area contributed by atoms with E-state index in [1.807, 2.05) is 24.3 Å². The zero-order chi connectivity index (χ0) is 20.2. The Morgan fingerprint density at radius 2 is 2.14 bits per heavy atom. The summed E-state index contributed by atoms with van der Waals surface area (Å²) in [6.45, 7) is -0.510. The number of hydrogen-bond acceptors (Lipinski definition) is 7. The minimum absolute atomic E-state index is 0.251. The van der Waals surface area contributed by atoms with Gasteiger partial charge in [0, 0.05) is 11.7 Å². The zero-order valence-electron chi connectivity index (χ0n) is 15.5. The first-order valence-electron chi connectivity index (χ1n) is 9.39. The number of halogens is 1. The molecule has 8 nitrogen and oxygen atoms in total. The molecule has 0 saturated heterocycles. The van der Waals surface area contributed by atoms with Crippen LogP contribution in [0.1, 0.15) is 32.1 Å². The standard InChI is InChI=1S/C19H20ClN5O3S/c20-15-16(28-10-14(26)27)18(19-22-24-25-23-19)29-17(15)11-5-4-8-13(9-11)21-12-6-2-1-3-7-12/h4-5,8-9,12,21H,1-3,6-7,10H2,(H,26,27)(H,22,23,24,25). The Kier molecular flexibility index (Phi) is 5.96. The van der Waals surface area contributed by atoms with Gasteiger partial charge >= 0.3 is 5.97 Å². The topological polar surface area (TPSA) is 113 Å². The molecule has 1 aliphatic rings. The highest BCUT2D eigenvalue weighted by molar-refractivity contribution is 7.20. The summed E-state index contributed by atoms with van der Waals surface area (Å²) in [4.78, 5) is 12.3. The van der Waals surface area contributed by atoms with Crippen LogP contribution in [-0.2, 0) is 4.79 Å². The number of aliphatic carboxylic acids is 1. The van der Waals surface area contributed by atoms with Gasteiger partial charge < -0.3 is 15.2 Å². The number of aromatic nitrogens is 4. The highest BCUT2D eigenvalue weighted by atomic mass is 35.5. The van der Waals surface area contributed by atoms with E-state index in [0.29, 0.717) is 21.8 Å². The molecule has 4 rings (SSSR count). The van der Waals surface area contributed by atoms with Crippen LogP contribution in [0.4, 0.5) is 5.69 Å². The summed E-state index contributed by atoms with van der Waals surface area (Å²) < 4.78 is 5.45. The number of rotatable bonds is 7. The minimum Gasteiger partial charge on any atom is -0.479 e. The summed E-state index contributed by atoms with van der Waals surface area (Å²) in [5, 5.41) is 26.9. The molecule has 1 aromatic carbocycles. The summed E-state index contributed by atoms with van der Waals surface area (Å²) in [6, 6.07) is 8.52. The molecule has 0 atom stereocenters. The van der Waals surface area contributed by atoms with Gasteiger partial charge in [-0.25, -0.2) is 4.79 Å². The van der Waals surface area contributed by atoms with Crippen LogP contribution in [0.2, 0.25) is 5.02 Å². The van der Waals surface area contributed by atoms with Crippen molar-refractivity contribution in [2.75, 3.05) is 11.9 Å². The van der Waals surface area contributed by atoms with Crippen LogP contribution in [0, 0.1) is 0 Å². The Morgan fingerprint density at radius 1 is 1.31 bits per heavy atom. The molecule has 10 heteroatoms. The van der Waals surface area contributed by atoms with Crippen molar-refractivity contribution < 1.29 is 14.6 Å². The van der Waals surface area contributed by atoms with Crippen molar-refractivity contribution in [3.63, 3.8) is 0 Å². The normalized spacial score (nSPS) is 14.7. The molecule has 0 aliphatic heterocycles. The van der Waals surface area contributed by atoms with Crippen molar-refractivity contribution >= 4 is 34.6 Å². The third kappa shape index (κ3) is 4.51. The van der Waals surface area contributed by atoms with Gasteiger partial charge in [-0.1, -0.05) is 43.0 Å². The number of carboxylic acid groups (broad SMARTS) is 1. The molecule has 3 aromatic rings. The molecular formula is C19H20ClN5O3S. The first-order valence-corrected chi connectivity index (χ1v) is 10.6. The second-order valence-electron chi connectivity index (χ2n) is 6.88. The molecule has 1 fully saturated rings. The van der Waals surface area contributed by atoms with Gasteiger partial charge in [0.1, 0.15) is 9.90 Å². The summed E-state index contributed by atoms with van der Waals surface area (Å²) in [5.41, 5.74) is 1.95. The molecule has 3 N–H and O–H groups in total. The lowest BCUT2D eigenvalue weighted by Crippen LogP contribution is -2.22. The van der Waals surface area contributed by atoms with Crippen molar-refractivity contribution in [1.29, 1.82) is 0 Å². The summed E-state index contributed by atoms with van der Waals surface area (Å²) in [6.07, 6.45) is 6.18. The smallest absolute Gasteiger partial charge is 0.341 e. The molecule has 1 aliphatic carbocycles. The third-order valence-corrected chi connectivity index (χ3v) is 6.49. The van der Waals surface area contributed by atoms with E-state index in [0.717, 1.165) is 16.1 Å². The van der Waals surface area contributed by atoms with Crippen LogP contribution < -0.4 is 10.1 Å². The van der Waals surface area contributed by atoms with E-state index in [1.165, 1.54) is 43.4 Å². The average molecular weight is 434 g/mol. The molecule has 0 radical (unpaired) electrons. The van der Waals surface area contributed by atoms with Crippen molar-refractivity contribution in [3.8, 4) is 26.9 Å². The Labute approximate surface area is 176 Å². The predicted octanol–water partition coefficient (Wildman–Crippen LogP) is 4.46. The maximum Gasteiger partial charge on any atom is 0.341 e. The van der Waals surface area contributed by atoms with Crippen LogP contribution in [-0.4, -0.2) is 44.3 Å². The summed E-state index contributed by atoms with van der Waals surface area (Å²) in [5.74, 6) is -0.535. The first kappa shape index (κ1) is 19.7. The van der Waals surface area contributed by atoms with E-state index >= 15 is 0 Å². The largest absolute Gasteiger partial charge is 0.479 e. The number of nitrogens with zero attached hydrogens (tertiary/aromatic N) is 3. The lowest BCUT2D eigenvalue weighted by Gasteiger charge is -2.24. The average Bonchev–Trinajstić information content (AvgIpc) is 3.35. The number of anilines is 1. The summed E-state index contributed by atoms with van der Waals surface area (Å²) in [7, 11) is 0. The predicted molar refractivity (Wildman–Crippen MR) is 112 cm³/mol. The number of carboxylic acids is 1. The first-order chi connectivity index (χ1) is 14.1. The van der Waals surface area contributed by atoms with Crippen molar-refractivity contribution in [3.05, 3.63) is 29.3 Å². The van der Waals surface area contributed by atoms with Gasteiger partial charge in [-0.05, 0) is 35.8 Å². The number of aromatic amines is 1. The van der Waals surface area contributed by atoms with Gasteiger partial charge in [0.05, 0.1) is 4.88 Å². The van der Waals surface area contributed by atoms with Gasteiger partial charge in [-0.15, -0.1) is 21.5 Å². The van der Waals surface area contributed by atoms with E-state index in [2.05, 4.69) is 25.9 Å². The number of thiophene rings is 1. The molecule has 0 unspecified atom stereocenters. The van der Waals surface area contributed by atoms with E-state index in [-0.39, 0.29) is 5.75 Å². The zero-order valence-corrected chi connectivity index (χ0v) is 17.1. The SMILES string of the molecule is O=C(O)COc1c(-c2nn[nH]n2)sc(-c2cccc(NC3CCCCC3)c2)c1Cl. The Morgan fingerprint density at radius 3 is 2.86 bits per heavy atom. The van der Waals surface area contributed by atoms with E-state index in [4.69, 9.17) is 21.4 Å². The lowest BCUT2D eigenvalue weighted by atomic mass is 9.95. The molecular weight excluding hydrogens is 414 g/mol. The Bertz CT molecular complexity index is 986. The molecule has 2 aromatic heterocycles. The van der Waals surface area contributed by atoms with E-state index in [1.54, 1.807) is 0 Å². The van der Waals surface area contributed by atoms with Gasteiger partial charge in [-0.2, -0.15) is 5.21 Å². The number of benzene rings is 1. The van der Waals surface area contributed by atoms with Crippen LogP contribution in [0.15, 0.2) is 24.3 Å². The number of H-pyrrole nitrogens is 1. The van der Waals surface area contributed by atoms with Crippen LogP contribution in [0.3, 0.4) is 0 Å². The van der Waals surface area contributed by atoms with Crippen LogP contribution in [0.25, 0.3) is 21.1 Å². The van der Waals surface area contributed by atoms with E-state index in [9.17, 15) is 4.79 Å². The number of tetrazole rings is 1. The molecule has 152 valence electrons. The minimum atomic E-state index is -1.09. The number of hydrogen-bond donors (Lipinski definition) is 3. The molecule has 0 spiro atoms. The van der Waals surface area contributed by atoms with Crippen molar-refractivity contribution in [1.82, 2.24) is 20.6 Å². The Balaban J connectivity index is 1.66. The van der Waals surface area contributed by atoms with Crippen molar-refractivity contribution in [2.45, 2.75) is 38.1 Å². The van der Waals surface area contributed by atoms with Gasteiger partial charge in [0.15, 0.2) is 12.4 Å². The second kappa shape index (κ2) is 8.79. The number of nitrogens with one attached hydrogen (secondary N) is 2. The summed E-state index contributed by atoms with van der Waals surface area (Å²) >= 11 is 7.94. The fourth-order valence-corrected chi connectivity index (χ4v) is 4.98. The fourth-order valence-electron chi connectivity index (χ4n) is 3.48. The van der Waals surface area contributed by atoms with Gasteiger partial charge in [-0.3, -0.25) is 0 Å². The number of ether oxygens (including phenoxy) is 1. The van der Waals surface area contributed by atoms with E-state index < -0.39 is 12.6 Å². The second-order valence-corrected chi connectivity index (χ2v) is 8.28. The highest BCUT2D eigenvalue weighted by Crippen LogP contribution is 2.49. The number of carbonyl (C=O) groups is 1. The molecule has 0 amide bonds. The Hall–Kier alpha value is -2.65. The van der Waals surface area contributed by atoms with Gasteiger partial charge in [0.2, 0.25) is 5.82 Å². The highest BCUT2D eigenvalue weighted by Gasteiger charge is 2.24.